The van der Waals surface area contributed by atoms with Gasteiger partial charge in [0.1, 0.15) is 0 Å². The van der Waals surface area contributed by atoms with Crippen LogP contribution >= 0.6 is 0 Å². The lowest BCUT2D eigenvalue weighted by molar-refractivity contribution is -0.124. The number of carbonyl (C=O) groups is 1. The highest BCUT2D eigenvalue weighted by Crippen LogP contribution is 2.10. The minimum Gasteiger partial charge on any atom is -0.356 e. The van der Waals surface area contributed by atoms with E-state index in [-0.39, 0.29) is 11.8 Å². The molecule has 4 nitrogen and oxygen atoms in total. The molecule has 18 heavy (non-hydrogen) atoms. The molecule has 0 bridgehead atoms. The van der Waals surface area contributed by atoms with Gasteiger partial charge in [-0.2, -0.15) is 0 Å². The second-order valence-electron chi connectivity index (χ2n) is 5.67. The van der Waals surface area contributed by atoms with Crippen molar-refractivity contribution in [3.8, 4) is 0 Å². The number of piperidine rings is 1. The van der Waals surface area contributed by atoms with E-state index in [9.17, 15) is 4.79 Å². The zero-order valence-electron chi connectivity index (χ0n) is 12.2. The molecule has 106 valence electrons. The summed E-state index contributed by atoms with van der Waals surface area (Å²) < 4.78 is 0. The molecule has 1 amide bonds. The van der Waals surface area contributed by atoms with Crippen LogP contribution in [0.2, 0.25) is 0 Å². The molecule has 1 aliphatic heterocycles. The van der Waals surface area contributed by atoms with Gasteiger partial charge in [-0.05, 0) is 38.9 Å². The van der Waals surface area contributed by atoms with Crippen molar-refractivity contribution in [1.82, 2.24) is 15.5 Å². The maximum atomic E-state index is 11.8. The fourth-order valence-electron chi connectivity index (χ4n) is 2.50. The summed E-state index contributed by atoms with van der Waals surface area (Å²) in [6.45, 7) is 9.29. The van der Waals surface area contributed by atoms with E-state index in [4.69, 9.17) is 0 Å². The van der Waals surface area contributed by atoms with Crippen molar-refractivity contribution < 1.29 is 4.79 Å². The smallest absolute Gasteiger partial charge is 0.224 e. The molecule has 1 rings (SSSR count). The Morgan fingerprint density at radius 3 is 2.44 bits per heavy atom. The van der Waals surface area contributed by atoms with Crippen molar-refractivity contribution in [2.24, 2.45) is 11.8 Å². The number of hydrogen-bond acceptors (Lipinski definition) is 3. The van der Waals surface area contributed by atoms with Crippen molar-refractivity contribution in [3.05, 3.63) is 0 Å². The maximum Gasteiger partial charge on any atom is 0.224 e. The predicted molar refractivity (Wildman–Crippen MR) is 75.6 cm³/mol. The van der Waals surface area contributed by atoms with Crippen molar-refractivity contribution in [1.29, 1.82) is 0 Å². The second-order valence-corrected chi connectivity index (χ2v) is 5.67. The summed E-state index contributed by atoms with van der Waals surface area (Å²) >= 11 is 0. The molecule has 1 aliphatic rings. The first-order valence-electron chi connectivity index (χ1n) is 7.28. The molecule has 1 fully saturated rings. The topological polar surface area (TPSA) is 44.4 Å². The Hall–Kier alpha value is -0.610. The highest BCUT2D eigenvalue weighted by molar-refractivity contribution is 5.78. The molecule has 0 spiro atoms. The number of hydrogen-bond donors (Lipinski definition) is 2. The monoisotopic (exact) mass is 255 g/mol. The van der Waals surface area contributed by atoms with Crippen LogP contribution in [0.15, 0.2) is 0 Å². The molecule has 0 radical (unpaired) electrons. The van der Waals surface area contributed by atoms with Gasteiger partial charge in [-0.1, -0.05) is 20.3 Å². The first-order valence-corrected chi connectivity index (χ1v) is 7.28. The Labute approximate surface area is 111 Å². The predicted octanol–water partition coefficient (Wildman–Crippen LogP) is 1.08. The Balaban J connectivity index is 2.15. The first kappa shape index (κ1) is 15.4. The van der Waals surface area contributed by atoms with Crippen LogP contribution in [0, 0.1) is 11.8 Å². The van der Waals surface area contributed by atoms with E-state index in [0.29, 0.717) is 5.92 Å². The van der Waals surface area contributed by atoms with Crippen LogP contribution < -0.4 is 10.6 Å². The van der Waals surface area contributed by atoms with Gasteiger partial charge in [-0.25, -0.2) is 0 Å². The van der Waals surface area contributed by atoms with Crippen LogP contribution in [-0.4, -0.2) is 50.6 Å². The first-order chi connectivity index (χ1) is 8.63. The number of amides is 1. The summed E-state index contributed by atoms with van der Waals surface area (Å²) in [6, 6.07) is 0. The van der Waals surface area contributed by atoms with E-state index in [1.807, 2.05) is 14.0 Å². The van der Waals surface area contributed by atoms with E-state index in [1.54, 1.807) is 0 Å². The van der Waals surface area contributed by atoms with E-state index >= 15 is 0 Å². The maximum absolute atomic E-state index is 11.8. The molecule has 2 unspecified atom stereocenters. The van der Waals surface area contributed by atoms with Crippen LogP contribution in [0.3, 0.4) is 0 Å². The quantitative estimate of drug-likeness (QED) is 0.715. The fourth-order valence-corrected chi connectivity index (χ4v) is 2.50. The third-order valence-corrected chi connectivity index (χ3v) is 3.60. The number of likely N-dealkylation sites (tertiary alicyclic amines) is 1. The van der Waals surface area contributed by atoms with Gasteiger partial charge in [0, 0.05) is 25.6 Å². The fraction of sp³-hybridized carbons (Fsp3) is 0.929. The third kappa shape index (κ3) is 5.83. The Bertz CT molecular complexity index is 239. The number of nitrogens with one attached hydrogen (secondary N) is 2. The summed E-state index contributed by atoms with van der Waals surface area (Å²) in [4.78, 5) is 14.3. The van der Waals surface area contributed by atoms with Crippen LogP contribution in [0.25, 0.3) is 0 Å². The molecule has 0 aromatic carbocycles. The largest absolute Gasteiger partial charge is 0.356 e. The molecular formula is C14H29N3O. The normalized spacial score (nSPS) is 20.4. The SMILES string of the molecule is CNCC(C)C(=O)NCC(C)CN1CCCCC1. The van der Waals surface area contributed by atoms with Gasteiger partial charge in [0.05, 0.1) is 0 Å². The van der Waals surface area contributed by atoms with Crippen LogP contribution in [0.1, 0.15) is 33.1 Å². The lowest BCUT2D eigenvalue weighted by Crippen LogP contribution is -2.40. The van der Waals surface area contributed by atoms with Crippen molar-refractivity contribution in [2.45, 2.75) is 33.1 Å². The summed E-state index contributed by atoms with van der Waals surface area (Å²) in [6.07, 6.45) is 4.04. The summed E-state index contributed by atoms with van der Waals surface area (Å²) in [5.41, 5.74) is 0. The third-order valence-electron chi connectivity index (χ3n) is 3.60. The summed E-state index contributed by atoms with van der Waals surface area (Å²) in [5.74, 6) is 0.751. The van der Waals surface area contributed by atoms with Crippen LogP contribution in [-0.2, 0) is 4.79 Å². The molecule has 0 aromatic rings. The van der Waals surface area contributed by atoms with Gasteiger partial charge in [-0.3, -0.25) is 4.79 Å². The van der Waals surface area contributed by atoms with Crippen molar-refractivity contribution in [2.75, 3.05) is 39.8 Å². The molecule has 0 saturated carbocycles. The average molecular weight is 255 g/mol. The Kier molecular flexibility index (Phi) is 7.28. The van der Waals surface area contributed by atoms with Gasteiger partial charge in [0.25, 0.3) is 0 Å². The highest BCUT2D eigenvalue weighted by atomic mass is 16.1. The minimum atomic E-state index is 0.0530. The summed E-state index contributed by atoms with van der Waals surface area (Å²) in [7, 11) is 1.88. The molecule has 4 heteroatoms. The van der Waals surface area contributed by atoms with E-state index in [0.717, 1.165) is 19.6 Å². The zero-order valence-corrected chi connectivity index (χ0v) is 12.2. The van der Waals surface area contributed by atoms with Gasteiger partial charge in [0.2, 0.25) is 5.91 Å². The molecule has 1 saturated heterocycles. The van der Waals surface area contributed by atoms with E-state index in [2.05, 4.69) is 22.5 Å². The zero-order chi connectivity index (χ0) is 13.4. The van der Waals surface area contributed by atoms with E-state index < -0.39 is 0 Å². The minimum absolute atomic E-state index is 0.0530. The van der Waals surface area contributed by atoms with E-state index in [1.165, 1.54) is 32.4 Å². The van der Waals surface area contributed by atoms with Gasteiger partial charge >= 0.3 is 0 Å². The van der Waals surface area contributed by atoms with Gasteiger partial charge < -0.3 is 15.5 Å². The van der Waals surface area contributed by atoms with Gasteiger partial charge in [0.15, 0.2) is 0 Å². The molecule has 1 heterocycles. The van der Waals surface area contributed by atoms with Crippen molar-refractivity contribution in [3.63, 3.8) is 0 Å². The standard InChI is InChI=1S/C14H29N3O/c1-12(11-17-7-5-4-6-8-17)9-16-14(18)13(2)10-15-3/h12-13,15H,4-11H2,1-3H3,(H,16,18). The Morgan fingerprint density at radius 1 is 1.17 bits per heavy atom. The Morgan fingerprint density at radius 2 is 1.83 bits per heavy atom. The molecule has 0 aromatic heterocycles. The van der Waals surface area contributed by atoms with Gasteiger partial charge in [-0.15, -0.1) is 0 Å². The number of rotatable bonds is 7. The molecule has 2 N–H and O–H groups in total. The lowest BCUT2D eigenvalue weighted by Gasteiger charge is -2.29. The van der Waals surface area contributed by atoms with Crippen LogP contribution in [0.5, 0.6) is 0 Å². The molecular weight excluding hydrogens is 226 g/mol. The molecule has 0 aliphatic carbocycles. The number of carbonyl (C=O) groups excluding carboxylic acids is 1. The second kappa shape index (κ2) is 8.48. The number of nitrogens with zero attached hydrogens (tertiary/aromatic N) is 1. The average Bonchev–Trinajstić information content (AvgIpc) is 2.37. The summed E-state index contributed by atoms with van der Waals surface area (Å²) in [5, 5.41) is 6.08. The molecule has 2 atom stereocenters. The van der Waals surface area contributed by atoms with Crippen LogP contribution in [0.4, 0.5) is 0 Å². The highest BCUT2D eigenvalue weighted by Gasteiger charge is 2.15. The van der Waals surface area contributed by atoms with Crippen molar-refractivity contribution >= 4 is 5.91 Å². The lowest BCUT2D eigenvalue weighted by atomic mass is 10.1.